The fraction of sp³-hybridized carbons (Fsp3) is 0.714. The van der Waals surface area contributed by atoms with Crippen LogP contribution in [0.25, 0.3) is 0 Å². The molecule has 0 aromatic heterocycles. The SMILES string of the molecule is C#C[C@@H](C)O[Si](C)(C)C. The number of terminal acetylenes is 1. The van der Waals surface area contributed by atoms with Gasteiger partial charge in [0.25, 0.3) is 0 Å². The van der Waals surface area contributed by atoms with Gasteiger partial charge in [-0.3, -0.25) is 0 Å². The minimum atomic E-state index is -1.38. The standard InChI is InChI=1S/C7H14OSi/c1-6-7(2)8-9(3,4)5/h1,7H,2-5H3/t7-/m1/s1. The van der Waals surface area contributed by atoms with Gasteiger partial charge in [0.2, 0.25) is 0 Å². The lowest BCUT2D eigenvalue weighted by Crippen LogP contribution is -2.29. The zero-order chi connectivity index (χ0) is 7.49. The zero-order valence-electron chi connectivity index (χ0n) is 6.56. The van der Waals surface area contributed by atoms with E-state index < -0.39 is 8.32 Å². The van der Waals surface area contributed by atoms with E-state index in [1.807, 2.05) is 6.92 Å². The molecule has 0 saturated carbocycles. The van der Waals surface area contributed by atoms with Crippen molar-refractivity contribution in [3.63, 3.8) is 0 Å². The summed E-state index contributed by atoms with van der Waals surface area (Å²) in [6.07, 6.45) is 5.11. The van der Waals surface area contributed by atoms with Gasteiger partial charge in [0, 0.05) is 0 Å². The first kappa shape index (κ1) is 8.74. The van der Waals surface area contributed by atoms with E-state index in [1.165, 1.54) is 0 Å². The molecule has 0 N–H and O–H groups in total. The lowest BCUT2D eigenvalue weighted by Gasteiger charge is -2.19. The molecule has 52 valence electrons. The van der Waals surface area contributed by atoms with Crippen molar-refractivity contribution < 1.29 is 4.43 Å². The normalized spacial score (nSPS) is 14.6. The fourth-order valence-electron chi connectivity index (χ4n) is 0.564. The van der Waals surface area contributed by atoms with Crippen molar-refractivity contribution in [3.05, 3.63) is 0 Å². The van der Waals surface area contributed by atoms with Crippen LogP contribution in [0.5, 0.6) is 0 Å². The zero-order valence-corrected chi connectivity index (χ0v) is 7.56. The van der Waals surface area contributed by atoms with Gasteiger partial charge in [0.05, 0.1) is 0 Å². The molecular formula is C7H14OSi. The number of hydrogen-bond donors (Lipinski definition) is 0. The summed E-state index contributed by atoms with van der Waals surface area (Å²) in [7, 11) is -1.38. The van der Waals surface area contributed by atoms with Crippen LogP contribution in [0.15, 0.2) is 0 Å². The third kappa shape index (κ3) is 5.61. The Morgan fingerprint density at radius 1 is 1.44 bits per heavy atom. The van der Waals surface area contributed by atoms with Crippen molar-refractivity contribution in [1.29, 1.82) is 0 Å². The maximum atomic E-state index is 5.49. The number of rotatable bonds is 2. The van der Waals surface area contributed by atoms with E-state index in [2.05, 4.69) is 25.6 Å². The highest BCUT2D eigenvalue weighted by Gasteiger charge is 2.16. The van der Waals surface area contributed by atoms with Crippen LogP contribution in [0.2, 0.25) is 19.6 Å². The second-order valence-electron chi connectivity index (χ2n) is 3.04. The van der Waals surface area contributed by atoms with Crippen LogP contribution in [0.1, 0.15) is 6.92 Å². The highest BCUT2D eigenvalue weighted by atomic mass is 28.4. The van der Waals surface area contributed by atoms with Gasteiger partial charge >= 0.3 is 0 Å². The molecular weight excluding hydrogens is 128 g/mol. The maximum absolute atomic E-state index is 5.49. The average molecular weight is 142 g/mol. The molecule has 0 spiro atoms. The first-order valence-electron chi connectivity index (χ1n) is 3.09. The molecule has 0 aromatic carbocycles. The summed E-state index contributed by atoms with van der Waals surface area (Å²) in [6.45, 7) is 8.28. The predicted octanol–water partition coefficient (Wildman–Crippen LogP) is 1.86. The Kier molecular flexibility index (Phi) is 2.96. The molecule has 0 rings (SSSR count). The van der Waals surface area contributed by atoms with E-state index in [0.29, 0.717) is 0 Å². The first-order chi connectivity index (χ1) is 3.95. The molecule has 0 heterocycles. The fourth-order valence-corrected chi connectivity index (χ4v) is 1.69. The van der Waals surface area contributed by atoms with Crippen LogP contribution >= 0.6 is 0 Å². The lowest BCUT2D eigenvalue weighted by atomic mass is 10.4. The molecule has 0 fully saturated rings. The lowest BCUT2D eigenvalue weighted by molar-refractivity contribution is 0.272. The van der Waals surface area contributed by atoms with Gasteiger partial charge in [-0.2, -0.15) is 0 Å². The summed E-state index contributed by atoms with van der Waals surface area (Å²) in [6, 6.07) is 0. The number of hydrogen-bond acceptors (Lipinski definition) is 1. The van der Waals surface area contributed by atoms with Gasteiger partial charge in [-0.15, -0.1) is 6.42 Å². The van der Waals surface area contributed by atoms with E-state index in [1.54, 1.807) is 0 Å². The van der Waals surface area contributed by atoms with Crippen LogP contribution in [0.4, 0.5) is 0 Å². The van der Waals surface area contributed by atoms with Crippen molar-refractivity contribution in [1.82, 2.24) is 0 Å². The molecule has 1 nitrogen and oxygen atoms in total. The Hall–Kier alpha value is -0.263. The minimum absolute atomic E-state index is 0.0170. The Morgan fingerprint density at radius 3 is 2.00 bits per heavy atom. The molecule has 0 amide bonds. The molecule has 0 aliphatic rings. The molecule has 0 unspecified atom stereocenters. The van der Waals surface area contributed by atoms with E-state index >= 15 is 0 Å². The summed E-state index contributed by atoms with van der Waals surface area (Å²) in [4.78, 5) is 0. The van der Waals surface area contributed by atoms with E-state index in [0.717, 1.165) is 0 Å². The highest BCUT2D eigenvalue weighted by Crippen LogP contribution is 2.05. The third-order valence-corrected chi connectivity index (χ3v) is 1.83. The molecule has 0 radical (unpaired) electrons. The van der Waals surface area contributed by atoms with Gasteiger partial charge in [-0.25, -0.2) is 0 Å². The van der Waals surface area contributed by atoms with Crippen molar-refractivity contribution in [2.75, 3.05) is 0 Å². The Morgan fingerprint density at radius 2 is 1.89 bits per heavy atom. The van der Waals surface area contributed by atoms with Crippen molar-refractivity contribution in [2.24, 2.45) is 0 Å². The smallest absolute Gasteiger partial charge is 0.185 e. The molecule has 2 heteroatoms. The third-order valence-electron chi connectivity index (χ3n) is 0.765. The van der Waals surface area contributed by atoms with Crippen LogP contribution < -0.4 is 0 Å². The second kappa shape index (κ2) is 3.05. The van der Waals surface area contributed by atoms with Gasteiger partial charge in [0.15, 0.2) is 8.32 Å². The largest absolute Gasteiger partial charge is 0.404 e. The first-order valence-corrected chi connectivity index (χ1v) is 6.50. The summed E-state index contributed by atoms with van der Waals surface area (Å²) in [5.41, 5.74) is 0. The van der Waals surface area contributed by atoms with Crippen LogP contribution in [0.3, 0.4) is 0 Å². The van der Waals surface area contributed by atoms with Crippen LogP contribution in [0, 0.1) is 12.3 Å². The van der Waals surface area contributed by atoms with E-state index in [-0.39, 0.29) is 6.10 Å². The molecule has 0 aliphatic heterocycles. The van der Waals surface area contributed by atoms with Crippen molar-refractivity contribution in [3.8, 4) is 12.3 Å². The Labute approximate surface area is 58.5 Å². The molecule has 0 aliphatic carbocycles. The van der Waals surface area contributed by atoms with Crippen LogP contribution in [-0.4, -0.2) is 14.4 Å². The molecule has 9 heavy (non-hydrogen) atoms. The summed E-state index contributed by atoms with van der Waals surface area (Å²) >= 11 is 0. The van der Waals surface area contributed by atoms with Gasteiger partial charge in [0.1, 0.15) is 6.10 Å². The maximum Gasteiger partial charge on any atom is 0.185 e. The van der Waals surface area contributed by atoms with Crippen LogP contribution in [-0.2, 0) is 4.43 Å². The van der Waals surface area contributed by atoms with E-state index in [4.69, 9.17) is 10.8 Å². The second-order valence-corrected chi connectivity index (χ2v) is 7.50. The summed E-state index contributed by atoms with van der Waals surface area (Å²) in [5.74, 6) is 2.53. The monoisotopic (exact) mass is 142 g/mol. The molecule has 0 aromatic rings. The summed E-state index contributed by atoms with van der Waals surface area (Å²) < 4.78 is 5.49. The van der Waals surface area contributed by atoms with Gasteiger partial charge < -0.3 is 4.43 Å². The average Bonchev–Trinajstić information content (AvgIpc) is 1.62. The Bertz CT molecular complexity index is 118. The van der Waals surface area contributed by atoms with Crippen molar-refractivity contribution >= 4 is 8.32 Å². The van der Waals surface area contributed by atoms with E-state index in [9.17, 15) is 0 Å². The van der Waals surface area contributed by atoms with Gasteiger partial charge in [-0.1, -0.05) is 5.92 Å². The molecule has 0 saturated heterocycles. The topological polar surface area (TPSA) is 9.23 Å². The molecule has 1 atom stereocenters. The predicted molar refractivity (Wildman–Crippen MR) is 42.7 cm³/mol. The van der Waals surface area contributed by atoms with Gasteiger partial charge in [-0.05, 0) is 26.6 Å². The minimum Gasteiger partial charge on any atom is -0.404 e. The van der Waals surface area contributed by atoms with Crippen molar-refractivity contribution in [2.45, 2.75) is 32.7 Å². The highest BCUT2D eigenvalue weighted by molar-refractivity contribution is 6.69. The quantitative estimate of drug-likeness (QED) is 0.422. The molecule has 0 bridgehead atoms. The summed E-state index contributed by atoms with van der Waals surface area (Å²) in [5, 5.41) is 0. The Balaban J connectivity index is 3.63.